The molecule has 0 aromatic heterocycles. The molecule has 5 nitrogen and oxygen atoms in total. The van der Waals surface area contributed by atoms with Crippen LogP contribution in [0.25, 0.3) is 0 Å². The number of nitrogens with one attached hydrogen (secondary N) is 1. The number of amides is 1. The van der Waals surface area contributed by atoms with E-state index in [0.717, 1.165) is 17.7 Å². The molecule has 2 rings (SSSR count). The van der Waals surface area contributed by atoms with E-state index in [0.29, 0.717) is 12.8 Å². The second kappa shape index (κ2) is 10.4. The van der Waals surface area contributed by atoms with Crippen molar-refractivity contribution in [1.82, 2.24) is 5.32 Å². The summed E-state index contributed by atoms with van der Waals surface area (Å²) in [6, 6.07) is 12.3. The smallest absolute Gasteiger partial charge is 0.305 e. The van der Waals surface area contributed by atoms with Gasteiger partial charge in [0.15, 0.2) is 17.7 Å². The fraction of sp³-hybridized carbons (Fsp3) is 0.333. The van der Waals surface area contributed by atoms with E-state index in [4.69, 9.17) is 4.74 Å². The van der Waals surface area contributed by atoms with E-state index in [-0.39, 0.29) is 24.2 Å². The summed E-state index contributed by atoms with van der Waals surface area (Å²) in [5, 5.41) is 2.85. The standard InChI is InChI=1S/C21H23F2NO4/c1-14(28-17-9-10-18(22)19(23)13-17)21(26)24-16(8-11-20(25)27-2)12-15-6-4-3-5-7-15/h3-7,9-10,13-14,16H,8,11-12H2,1-2H3,(H,24,26). The van der Waals surface area contributed by atoms with E-state index in [9.17, 15) is 18.4 Å². The predicted octanol–water partition coefficient (Wildman–Crippen LogP) is 3.41. The van der Waals surface area contributed by atoms with Crippen LogP contribution in [-0.4, -0.2) is 31.1 Å². The molecule has 150 valence electrons. The minimum Gasteiger partial charge on any atom is -0.481 e. The Morgan fingerprint density at radius 1 is 1.07 bits per heavy atom. The summed E-state index contributed by atoms with van der Waals surface area (Å²) < 4.78 is 36.4. The topological polar surface area (TPSA) is 64.6 Å². The van der Waals surface area contributed by atoms with E-state index in [1.54, 1.807) is 0 Å². The lowest BCUT2D eigenvalue weighted by Gasteiger charge is -2.22. The van der Waals surface area contributed by atoms with Crippen molar-refractivity contribution in [3.05, 3.63) is 65.7 Å². The van der Waals surface area contributed by atoms with Gasteiger partial charge in [-0.3, -0.25) is 9.59 Å². The Hall–Kier alpha value is -2.96. The van der Waals surface area contributed by atoms with Crippen LogP contribution in [0.4, 0.5) is 8.78 Å². The van der Waals surface area contributed by atoms with Crippen molar-refractivity contribution in [2.24, 2.45) is 0 Å². The monoisotopic (exact) mass is 391 g/mol. The fourth-order valence-corrected chi connectivity index (χ4v) is 2.64. The largest absolute Gasteiger partial charge is 0.481 e. The minimum atomic E-state index is -1.05. The average molecular weight is 391 g/mol. The van der Waals surface area contributed by atoms with Crippen LogP contribution in [0.1, 0.15) is 25.3 Å². The molecule has 0 saturated carbocycles. The third-order valence-corrected chi connectivity index (χ3v) is 4.17. The van der Waals surface area contributed by atoms with Crippen LogP contribution in [0.3, 0.4) is 0 Å². The molecule has 7 heteroatoms. The third-order valence-electron chi connectivity index (χ3n) is 4.17. The summed E-state index contributed by atoms with van der Waals surface area (Å²) in [6.07, 6.45) is 0.153. The maximum atomic E-state index is 13.3. The molecule has 2 aromatic carbocycles. The molecule has 2 atom stereocenters. The molecule has 0 aliphatic heterocycles. The van der Waals surface area contributed by atoms with E-state index in [1.165, 1.54) is 20.1 Å². The van der Waals surface area contributed by atoms with Gasteiger partial charge in [-0.25, -0.2) is 8.78 Å². The number of carbonyl (C=O) groups excluding carboxylic acids is 2. The molecular formula is C21H23F2NO4. The van der Waals surface area contributed by atoms with Gasteiger partial charge in [0.2, 0.25) is 0 Å². The number of benzene rings is 2. The molecule has 0 spiro atoms. The highest BCUT2D eigenvalue weighted by atomic mass is 19.2. The number of halogens is 2. The van der Waals surface area contributed by atoms with Crippen molar-refractivity contribution < 1.29 is 27.8 Å². The maximum Gasteiger partial charge on any atom is 0.305 e. The first-order chi connectivity index (χ1) is 13.4. The first-order valence-electron chi connectivity index (χ1n) is 8.92. The van der Waals surface area contributed by atoms with Gasteiger partial charge in [0.1, 0.15) is 5.75 Å². The molecule has 0 bridgehead atoms. The van der Waals surface area contributed by atoms with Crippen molar-refractivity contribution in [2.75, 3.05) is 7.11 Å². The van der Waals surface area contributed by atoms with Crippen LogP contribution in [0.2, 0.25) is 0 Å². The number of hydrogen-bond acceptors (Lipinski definition) is 4. The molecule has 0 radical (unpaired) electrons. The van der Waals surface area contributed by atoms with Gasteiger partial charge in [0, 0.05) is 18.5 Å². The van der Waals surface area contributed by atoms with Gasteiger partial charge in [-0.05, 0) is 37.5 Å². The van der Waals surface area contributed by atoms with E-state index >= 15 is 0 Å². The van der Waals surface area contributed by atoms with Crippen molar-refractivity contribution in [3.63, 3.8) is 0 Å². The lowest BCUT2D eigenvalue weighted by atomic mass is 10.0. The van der Waals surface area contributed by atoms with Crippen LogP contribution < -0.4 is 10.1 Å². The summed E-state index contributed by atoms with van der Waals surface area (Å²) in [5.74, 6) is -2.77. The molecule has 0 aliphatic rings. The fourth-order valence-electron chi connectivity index (χ4n) is 2.64. The van der Waals surface area contributed by atoms with Crippen LogP contribution in [0, 0.1) is 11.6 Å². The van der Waals surface area contributed by atoms with E-state index in [2.05, 4.69) is 10.1 Å². The van der Waals surface area contributed by atoms with Gasteiger partial charge in [-0.2, -0.15) is 0 Å². The number of rotatable bonds is 9. The van der Waals surface area contributed by atoms with Crippen LogP contribution in [-0.2, 0) is 20.7 Å². The van der Waals surface area contributed by atoms with Gasteiger partial charge in [0.05, 0.1) is 7.11 Å². The molecule has 0 fully saturated rings. The SMILES string of the molecule is COC(=O)CCC(Cc1ccccc1)NC(=O)C(C)Oc1ccc(F)c(F)c1. The number of methoxy groups -OCH3 is 1. The summed E-state index contributed by atoms with van der Waals surface area (Å²) in [7, 11) is 1.31. The number of carbonyl (C=O) groups is 2. The summed E-state index contributed by atoms with van der Waals surface area (Å²) in [6.45, 7) is 1.51. The Morgan fingerprint density at radius 3 is 2.43 bits per heavy atom. The van der Waals surface area contributed by atoms with Crippen LogP contribution >= 0.6 is 0 Å². The Bertz CT molecular complexity index is 798. The van der Waals surface area contributed by atoms with Gasteiger partial charge in [-0.15, -0.1) is 0 Å². The highest BCUT2D eigenvalue weighted by Crippen LogP contribution is 2.17. The molecule has 28 heavy (non-hydrogen) atoms. The van der Waals surface area contributed by atoms with Crippen molar-refractivity contribution in [2.45, 2.75) is 38.3 Å². The number of hydrogen-bond donors (Lipinski definition) is 1. The van der Waals surface area contributed by atoms with Gasteiger partial charge in [0.25, 0.3) is 5.91 Å². The van der Waals surface area contributed by atoms with Crippen molar-refractivity contribution >= 4 is 11.9 Å². The Labute approximate surface area is 162 Å². The molecular weight excluding hydrogens is 368 g/mol. The lowest BCUT2D eigenvalue weighted by Crippen LogP contribution is -2.43. The summed E-state index contributed by atoms with van der Waals surface area (Å²) in [4.78, 5) is 24.0. The van der Waals surface area contributed by atoms with Crippen LogP contribution in [0.5, 0.6) is 5.75 Å². The third kappa shape index (κ3) is 6.64. The zero-order chi connectivity index (χ0) is 20.5. The lowest BCUT2D eigenvalue weighted by molar-refractivity contribution is -0.141. The molecule has 1 amide bonds. The van der Waals surface area contributed by atoms with Crippen molar-refractivity contribution in [3.8, 4) is 5.75 Å². The molecule has 2 aromatic rings. The Kier molecular flexibility index (Phi) is 7.92. The first-order valence-corrected chi connectivity index (χ1v) is 8.92. The van der Waals surface area contributed by atoms with E-state index in [1.807, 2.05) is 30.3 Å². The van der Waals surface area contributed by atoms with Gasteiger partial charge >= 0.3 is 5.97 Å². The zero-order valence-electron chi connectivity index (χ0n) is 15.8. The highest BCUT2D eigenvalue weighted by molar-refractivity contribution is 5.81. The Morgan fingerprint density at radius 2 is 1.79 bits per heavy atom. The minimum absolute atomic E-state index is 0.0516. The first kappa shape index (κ1) is 21.3. The molecule has 0 saturated heterocycles. The zero-order valence-corrected chi connectivity index (χ0v) is 15.8. The van der Waals surface area contributed by atoms with E-state index < -0.39 is 23.6 Å². The predicted molar refractivity (Wildman–Crippen MR) is 99.8 cm³/mol. The number of ether oxygens (including phenoxy) is 2. The Balaban J connectivity index is 2.00. The molecule has 0 aliphatic carbocycles. The second-order valence-corrected chi connectivity index (χ2v) is 6.35. The second-order valence-electron chi connectivity index (χ2n) is 6.35. The van der Waals surface area contributed by atoms with Crippen LogP contribution in [0.15, 0.2) is 48.5 Å². The quantitative estimate of drug-likeness (QED) is 0.666. The summed E-state index contributed by atoms with van der Waals surface area (Å²) in [5.41, 5.74) is 1.01. The maximum absolute atomic E-state index is 13.3. The molecule has 2 unspecified atom stereocenters. The highest BCUT2D eigenvalue weighted by Gasteiger charge is 2.21. The van der Waals surface area contributed by atoms with Gasteiger partial charge in [-0.1, -0.05) is 30.3 Å². The normalized spacial score (nSPS) is 12.7. The average Bonchev–Trinajstić information content (AvgIpc) is 2.69. The number of esters is 1. The molecule has 0 heterocycles. The summed E-state index contributed by atoms with van der Waals surface area (Å²) >= 11 is 0. The molecule has 1 N–H and O–H groups in total. The van der Waals surface area contributed by atoms with Crippen molar-refractivity contribution in [1.29, 1.82) is 0 Å². The van der Waals surface area contributed by atoms with Gasteiger partial charge < -0.3 is 14.8 Å².